The number of hydrogen-bond donors (Lipinski definition) is 1. The molecule has 0 aliphatic heterocycles. The molecule has 1 atom stereocenters. The molecule has 1 rings (SSSR count). The lowest BCUT2D eigenvalue weighted by atomic mass is 10.1. The number of hydrogen-bond acceptors (Lipinski definition) is 1. The van der Waals surface area contributed by atoms with Gasteiger partial charge in [0, 0.05) is 16.1 Å². The zero-order valence-corrected chi connectivity index (χ0v) is 8.79. The Hall–Kier alpha value is -0.120. The summed E-state index contributed by atoms with van der Waals surface area (Å²) in [5.41, 5.74) is 5.97. The van der Waals surface area contributed by atoms with Crippen molar-refractivity contribution in [2.45, 2.75) is 13.0 Å². The van der Waals surface area contributed by atoms with E-state index in [1.807, 2.05) is 0 Å². The van der Waals surface area contributed by atoms with Crippen LogP contribution in [0.25, 0.3) is 0 Å². The van der Waals surface area contributed by atoms with Crippen molar-refractivity contribution in [1.82, 2.24) is 0 Å². The molecule has 0 amide bonds. The first-order chi connectivity index (χ1) is 5.54. The maximum Gasteiger partial charge on any atom is 0.147 e. The fraction of sp³-hybridized carbons (Fsp3) is 0.250. The van der Waals surface area contributed by atoms with E-state index in [-0.39, 0.29) is 11.1 Å². The first-order valence-electron chi connectivity index (χ1n) is 3.43. The van der Waals surface area contributed by atoms with Gasteiger partial charge in [0.15, 0.2) is 0 Å². The van der Waals surface area contributed by atoms with E-state index in [0.29, 0.717) is 10.0 Å². The minimum Gasteiger partial charge on any atom is -0.324 e. The summed E-state index contributed by atoms with van der Waals surface area (Å²) in [4.78, 5) is 0. The van der Waals surface area contributed by atoms with Crippen LogP contribution >= 0.6 is 27.5 Å². The second-order valence-electron chi connectivity index (χ2n) is 2.55. The van der Waals surface area contributed by atoms with Gasteiger partial charge in [0.25, 0.3) is 0 Å². The minimum atomic E-state index is -0.443. The van der Waals surface area contributed by atoms with Gasteiger partial charge in [0.1, 0.15) is 5.82 Å². The predicted octanol–water partition coefficient (Wildman–Crippen LogP) is 3.26. The largest absolute Gasteiger partial charge is 0.324 e. The second kappa shape index (κ2) is 3.73. The van der Waals surface area contributed by atoms with E-state index in [4.69, 9.17) is 17.3 Å². The fourth-order valence-corrected chi connectivity index (χ4v) is 1.79. The molecule has 2 N–H and O–H groups in total. The molecule has 0 saturated carbocycles. The highest BCUT2D eigenvalue weighted by Gasteiger charge is 2.13. The van der Waals surface area contributed by atoms with Crippen molar-refractivity contribution in [3.05, 3.63) is 33.0 Å². The van der Waals surface area contributed by atoms with Crippen LogP contribution < -0.4 is 5.73 Å². The van der Waals surface area contributed by atoms with Gasteiger partial charge in [-0.05, 0) is 19.1 Å². The van der Waals surface area contributed by atoms with Gasteiger partial charge in [-0.25, -0.2) is 4.39 Å². The Balaban J connectivity index is 3.33. The van der Waals surface area contributed by atoms with E-state index in [1.165, 1.54) is 6.07 Å². The third-order valence-corrected chi connectivity index (χ3v) is 2.52. The second-order valence-corrected chi connectivity index (χ2v) is 3.81. The highest BCUT2D eigenvalue weighted by molar-refractivity contribution is 9.10. The van der Waals surface area contributed by atoms with Crippen molar-refractivity contribution in [3.8, 4) is 0 Å². The van der Waals surface area contributed by atoms with Gasteiger partial charge in [0.05, 0.1) is 5.02 Å². The number of rotatable bonds is 1. The summed E-state index contributed by atoms with van der Waals surface area (Å²) in [5.74, 6) is -0.443. The van der Waals surface area contributed by atoms with Crippen molar-refractivity contribution in [2.24, 2.45) is 5.73 Å². The van der Waals surface area contributed by atoms with Crippen molar-refractivity contribution < 1.29 is 4.39 Å². The van der Waals surface area contributed by atoms with Crippen LogP contribution in [-0.4, -0.2) is 0 Å². The molecule has 0 aromatic heterocycles. The molecule has 0 aliphatic carbocycles. The molecule has 1 aromatic carbocycles. The van der Waals surface area contributed by atoms with Crippen LogP contribution in [0.5, 0.6) is 0 Å². The summed E-state index contributed by atoms with van der Waals surface area (Å²) >= 11 is 8.78. The maximum absolute atomic E-state index is 13.3. The van der Waals surface area contributed by atoms with E-state index in [2.05, 4.69) is 15.9 Å². The molecule has 1 aromatic rings. The summed E-state index contributed by atoms with van der Waals surface area (Å²) in [6.07, 6.45) is 0. The highest BCUT2D eigenvalue weighted by atomic mass is 79.9. The molecule has 12 heavy (non-hydrogen) atoms. The Morgan fingerprint density at radius 1 is 1.58 bits per heavy atom. The Morgan fingerprint density at radius 3 is 2.58 bits per heavy atom. The minimum absolute atomic E-state index is 0.102. The van der Waals surface area contributed by atoms with Crippen LogP contribution in [0.15, 0.2) is 16.6 Å². The molecule has 0 bridgehead atoms. The van der Waals surface area contributed by atoms with E-state index >= 15 is 0 Å². The average molecular weight is 253 g/mol. The maximum atomic E-state index is 13.3. The lowest BCUT2D eigenvalue weighted by Crippen LogP contribution is -2.08. The van der Waals surface area contributed by atoms with Gasteiger partial charge in [-0.2, -0.15) is 0 Å². The number of benzene rings is 1. The molecule has 1 unspecified atom stereocenters. The summed E-state index contributed by atoms with van der Waals surface area (Å²) in [5, 5.41) is 0.102. The molecule has 0 saturated heterocycles. The van der Waals surface area contributed by atoms with Crippen molar-refractivity contribution in [3.63, 3.8) is 0 Å². The van der Waals surface area contributed by atoms with Gasteiger partial charge < -0.3 is 5.73 Å². The van der Waals surface area contributed by atoms with E-state index in [1.54, 1.807) is 13.0 Å². The molecule has 0 fully saturated rings. The van der Waals surface area contributed by atoms with Crippen molar-refractivity contribution >= 4 is 27.5 Å². The van der Waals surface area contributed by atoms with Gasteiger partial charge in [0.2, 0.25) is 0 Å². The normalized spacial score (nSPS) is 13.1. The summed E-state index contributed by atoms with van der Waals surface area (Å²) in [6, 6.07) is 2.81. The van der Waals surface area contributed by atoms with E-state index < -0.39 is 5.82 Å². The quantitative estimate of drug-likeness (QED) is 0.763. The van der Waals surface area contributed by atoms with Gasteiger partial charge in [-0.3, -0.25) is 0 Å². The highest BCUT2D eigenvalue weighted by Crippen LogP contribution is 2.29. The molecular weight excluding hydrogens is 244 g/mol. The SMILES string of the molecule is CC(N)c1c(Br)ccc(Cl)c1F. The van der Waals surface area contributed by atoms with Gasteiger partial charge in [-0.1, -0.05) is 27.5 Å². The number of halogens is 3. The summed E-state index contributed by atoms with van der Waals surface area (Å²) < 4.78 is 13.9. The van der Waals surface area contributed by atoms with Crippen LogP contribution in [0, 0.1) is 5.82 Å². The molecule has 1 nitrogen and oxygen atoms in total. The van der Waals surface area contributed by atoms with Crippen LogP contribution in [0.4, 0.5) is 4.39 Å². The zero-order chi connectivity index (χ0) is 9.30. The van der Waals surface area contributed by atoms with E-state index in [9.17, 15) is 4.39 Å². The van der Waals surface area contributed by atoms with Crippen molar-refractivity contribution in [1.29, 1.82) is 0 Å². The Morgan fingerprint density at radius 2 is 2.17 bits per heavy atom. The lowest BCUT2D eigenvalue weighted by molar-refractivity contribution is 0.592. The third-order valence-electron chi connectivity index (χ3n) is 1.53. The Labute approximate surface area is 83.8 Å². The van der Waals surface area contributed by atoms with Gasteiger partial charge in [-0.15, -0.1) is 0 Å². The Kier molecular flexibility index (Phi) is 3.09. The van der Waals surface area contributed by atoms with Crippen LogP contribution in [0.3, 0.4) is 0 Å². The molecule has 0 aliphatic rings. The lowest BCUT2D eigenvalue weighted by Gasteiger charge is -2.10. The smallest absolute Gasteiger partial charge is 0.147 e. The molecule has 0 heterocycles. The van der Waals surface area contributed by atoms with Crippen molar-refractivity contribution in [2.75, 3.05) is 0 Å². The fourth-order valence-electron chi connectivity index (χ4n) is 0.960. The monoisotopic (exact) mass is 251 g/mol. The van der Waals surface area contributed by atoms with Gasteiger partial charge >= 0.3 is 0 Å². The third kappa shape index (κ3) is 1.79. The summed E-state index contributed by atoms with van der Waals surface area (Å²) in [7, 11) is 0. The molecule has 0 radical (unpaired) electrons. The standard InChI is InChI=1S/C8H8BrClFN/c1-4(12)7-5(9)2-3-6(10)8(7)11/h2-4H,12H2,1H3. The molecule has 0 spiro atoms. The molecule has 4 heteroatoms. The molecule has 66 valence electrons. The first kappa shape index (κ1) is 9.96. The zero-order valence-electron chi connectivity index (χ0n) is 6.44. The van der Waals surface area contributed by atoms with Crippen LogP contribution in [0.1, 0.15) is 18.5 Å². The average Bonchev–Trinajstić information content (AvgIpc) is 1.97. The predicted molar refractivity (Wildman–Crippen MR) is 51.7 cm³/mol. The van der Waals surface area contributed by atoms with Crippen LogP contribution in [-0.2, 0) is 0 Å². The number of nitrogens with two attached hydrogens (primary N) is 1. The van der Waals surface area contributed by atoms with E-state index in [0.717, 1.165) is 0 Å². The van der Waals surface area contributed by atoms with Crippen LogP contribution in [0.2, 0.25) is 5.02 Å². The molecular formula is C8H8BrClFN. The summed E-state index contributed by atoms with van der Waals surface area (Å²) in [6.45, 7) is 1.71. The Bertz CT molecular complexity index is 301. The topological polar surface area (TPSA) is 26.0 Å². The first-order valence-corrected chi connectivity index (χ1v) is 4.60.